The number of nitrogens with zero attached hydrogens (tertiary/aromatic N) is 4. The smallest absolute Gasteiger partial charge is 0.258 e. The number of hydrogen-bond acceptors (Lipinski definition) is 5. The van der Waals surface area contributed by atoms with Crippen LogP contribution in [-0.2, 0) is 19.7 Å². The predicted molar refractivity (Wildman–Crippen MR) is 147 cm³/mol. The van der Waals surface area contributed by atoms with Crippen LogP contribution in [0, 0.1) is 17.2 Å². The third-order valence-corrected chi connectivity index (χ3v) is 7.52. The second-order valence-electron chi connectivity index (χ2n) is 10.3. The van der Waals surface area contributed by atoms with Crippen LogP contribution in [0.3, 0.4) is 0 Å². The van der Waals surface area contributed by atoms with Gasteiger partial charge in [0.25, 0.3) is 5.91 Å². The number of ether oxygens (including phenoxy) is 2. The first-order chi connectivity index (χ1) is 19.6. The molecule has 1 fully saturated rings. The highest BCUT2D eigenvalue weighted by Crippen LogP contribution is 2.36. The summed E-state index contributed by atoms with van der Waals surface area (Å²) < 4.78 is 28.2. The summed E-state index contributed by atoms with van der Waals surface area (Å²) in [7, 11) is 0. The minimum absolute atomic E-state index is 0.151. The van der Waals surface area contributed by atoms with Crippen LogP contribution in [0.5, 0.6) is 11.6 Å². The largest absolute Gasteiger partial charge is 0.485 e. The topological polar surface area (TPSA) is 80.4 Å². The van der Waals surface area contributed by atoms with Crippen LogP contribution >= 0.6 is 0 Å². The number of amides is 1. The summed E-state index contributed by atoms with van der Waals surface area (Å²) in [5, 5.41) is 14.0. The lowest BCUT2D eigenvalue weighted by Crippen LogP contribution is -2.39. The molecule has 202 valence electrons. The van der Waals surface area contributed by atoms with Crippen molar-refractivity contribution in [2.24, 2.45) is 5.92 Å². The van der Waals surface area contributed by atoms with Gasteiger partial charge in [-0.25, -0.2) is 9.07 Å². The van der Waals surface area contributed by atoms with Crippen molar-refractivity contribution in [1.82, 2.24) is 14.7 Å². The number of halogens is 1. The molecule has 0 saturated heterocycles. The van der Waals surface area contributed by atoms with Gasteiger partial charge in [0.15, 0.2) is 0 Å². The fourth-order valence-electron chi connectivity index (χ4n) is 5.40. The van der Waals surface area contributed by atoms with Gasteiger partial charge in [-0.15, -0.1) is 5.10 Å². The van der Waals surface area contributed by atoms with E-state index in [1.165, 1.54) is 0 Å². The van der Waals surface area contributed by atoms with Crippen molar-refractivity contribution in [2.45, 2.75) is 51.2 Å². The molecule has 7 nitrogen and oxygen atoms in total. The van der Waals surface area contributed by atoms with Gasteiger partial charge >= 0.3 is 0 Å². The predicted octanol–water partition coefficient (Wildman–Crippen LogP) is 6.02. The van der Waals surface area contributed by atoms with Crippen molar-refractivity contribution in [2.75, 3.05) is 0 Å². The first-order valence-corrected chi connectivity index (χ1v) is 13.5. The van der Waals surface area contributed by atoms with Crippen LogP contribution in [0.2, 0.25) is 0 Å². The zero-order chi connectivity index (χ0) is 27.5. The number of carbonyl (C=O) groups excluding carboxylic acids is 1. The molecule has 3 aromatic carbocycles. The Morgan fingerprint density at radius 3 is 2.60 bits per heavy atom. The van der Waals surface area contributed by atoms with E-state index in [0.29, 0.717) is 56.2 Å². The van der Waals surface area contributed by atoms with E-state index in [2.05, 4.69) is 11.2 Å². The van der Waals surface area contributed by atoms with E-state index >= 15 is 0 Å². The third-order valence-electron chi connectivity index (χ3n) is 7.52. The molecule has 8 heteroatoms. The molecule has 2 heterocycles. The first kappa shape index (κ1) is 25.6. The Bertz CT molecular complexity index is 1530. The summed E-state index contributed by atoms with van der Waals surface area (Å²) in [6.07, 6.45) is 1.42. The number of benzene rings is 3. The van der Waals surface area contributed by atoms with Gasteiger partial charge in [0, 0.05) is 25.4 Å². The quantitative estimate of drug-likeness (QED) is 0.275. The molecule has 1 saturated carbocycles. The molecule has 1 aliphatic heterocycles. The van der Waals surface area contributed by atoms with Gasteiger partial charge in [-0.2, -0.15) is 5.26 Å². The summed E-state index contributed by atoms with van der Waals surface area (Å²) >= 11 is 0. The Morgan fingerprint density at radius 1 is 0.975 bits per heavy atom. The minimum atomic E-state index is -1.22. The van der Waals surface area contributed by atoms with Crippen molar-refractivity contribution in [3.8, 4) is 23.4 Å². The van der Waals surface area contributed by atoms with Crippen molar-refractivity contribution < 1.29 is 18.7 Å². The van der Waals surface area contributed by atoms with Crippen LogP contribution in [0.1, 0.15) is 46.3 Å². The number of fused-ring (bicyclic) bond motifs is 1. The second-order valence-corrected chi connectivity index (χ2v) is 10.3. The average molecular weight is 537 g/mol. The molecule has 1 aromatic heterocycles. The standard InChI is InChI=1S/C32H29FN4O3/c33-27-10-4-8-24(18-34)31(27)40-28-11-5-9-25-20-36(32(38)30(25)28)19-22-12-14-26(15-13-22)37-17-16-29(35-37)39-21-23-6-2-1-3-7-23/h1-3,5-7,9,11-17,24,27,31H,4,8,10,19-21H2. The van der Waals surface area contributed by atoms with Gasteiger partial charge in [-0.3, -0.25) is 4.79 Å². The van der Waals surface area contributed by atoms with Crippen LogP contribution in [0.4, 0.5) is 4.39 Å². The van der Waals surface area contributed by atoms with Gasteiger partial charge in [-0.1, -0.05) is 54.6 Å². The summed E-state index contributed by atoms with van der Waals surface area (Å²) in [4.78, 5) is 15.2. The summed E-state index contributed by atoms with van der Waals surface area (Å²) in [5.74, 6) is 0.229. The fraction of sp³-hybridized carbons (Fsp3) is 0.281. The second kappa shape index (κ2) is 11.2. The van der Waals surface area contributed by atoms with E-state index in [4.69, 9.17) is 9.47 Å². The van der Waals surface area contributed by atoms with Crippen LogP contribution in [-0.4, -0.2) is 32.9 Å². The van der Waals surface area contributed by atoms with Crippen molar-refractivity contribution in [3.63, 3.8) is 0 Å². The van der Waals surface area contributed by atoms with Crippen LogP contribution in [0.15, 0.2) is 85.1 Å². The number of carbonyl (C=O) groups is 1. The molecule has 0 radical (unpaired) electrons. The van der Waals surface area contributed by atoms with Crippen molar-refractivity contribution >= 4 is 5.91 Å². The van der Waals surface area contributed by atoms with Gasteiger partial charge < -0.3 is 14.4 Å². The highest BCUT2D eigenvalue weighted by Gasteiger charge is 2.38. The maximum Gasteiger partial charge on any atom is 0.258 e. The first-order valence-electron chi connectivity index (χ1n) is 13.5. The molecule has 0 spiro atoms. The molecule has 2 aliphatic rings. The van der Waals surface area contributed by atoms with Gasteiger partial charge in [0.05, 0.1) is 23.2 Å². The van der Waals surface area contributed by atoms with Gasteiger partial charge in [-0.05, 0) is 54.2 Å². The summed E-state index contributed by atoms with van der Waals surface area (Å²) in [5.41, 5.74) is 4.24. The minimum Gasteiger partial charge on any atom is -0.485 e. The molecule has 40 heavy (non-hydrogen) atoms. The number of alkyl halides is 1. The molecule has 3 unspecified atom stereocenters. The Labute approximate surface area is 232 Å². The number of nitriles is 1. The SMILES string of the molecule is N#CC1CCCC(F)C1Oc1cccc2c1C(=O)N(Cc1ccc(-n3ccc(OCc4ccccc4)n3)cc1)C2. The fourth-order valence-corrected chi connectivity index (χ4v) is 5.40. The highest BCUT2D eigenvalue weighted by molar-refractivity contribution is 6.01. The number of aromatic nitrogens is 2. The lowest BCUT2D eigenvalue weighted by Gasteiger charge is -2.31. The summed E-state index contributed by atoms with van der Waals surface area (Å²) in [6, 6.07) is 27.2. The zero-order valence-electron chi connectivity index (χ0n) is 21.9. The molecule has 0 bridgehead atoms. The third kappa shape index (κ3) is 5.28. The van der Waals surface area contributed by atoms with Crippen LogP contribution in [0.25, 0.3) is 5.69 Å². The van der Waals surface area contributed by atoms with Gasteiger partial charge in [0.1, 0.15) is 24.6 Å². The molecule has 4 aromatic rings. The monoisotopic (exact) mass is 536 g/mol. The highest BCUT2D eigenvalue weighted by atomic mass is 19.1. The maximum atomic E-state index is 14.7. The molecular weight excluding hydrogens is 507 g/mol. The Morgan fingerprint density at radius 2 is 1.80 bits per heavy atom. The van der Waals surface area contributed by atoms with Gasteiger partial charge in [0.2, 0.25) is 5.88 Å². The summed E-state index contributed by atoms with van der Waals surface area (Å²) in [6.45, 7) is 1.32. The van der Waals surface area contributed by atoms with E-state index < -0.39 is 18.2 Å². The zero-order valence-corrected chi connectivity index (χ0v) is 21.9. The molecule has 1 amide bonds. The van der Waals surface area contributed by atoms with Crippen molar-refractivity contribution in [3.05, 3.63) is 107 Å². The number of hydrogen-bond donors (Lipinski definition) is 0. The van der Waals surface area contributed by atoms with E-state index in [1.807, 2.05) is 79.0 Å². The van der Waals surface area contributed by atoms with E-state index in [1.54, 1.807) is 15.6 Å². The molecular formula is C32H29FN4O3. The number of rotatable bonds is 8. The molecule has 0 N–H and O–H groups in total. The lowest BCUT2D eigenvalue weighted by atomic mass is 9.86. The molecule has 3 atom stereocenters. The normalized spacial score (nSPS) is 20.1. The Balaban J connectivity index is 1.11. The van der Waals surface area contributed by atoms with E-state index in [-0.39, 0.29) is 5.91 Å². The molecule has 1 aliphatic carbocycles. The van der Waals surface area contributed by atoms with Crippen molar-refractivity contribution in [1.29, 1.82) is 5.26 Å². The van der Waals surface area contributed by atoms with E-state index in [0.717, 1.165) is 22.4 Å². The molecule has 6 rings (SSSR count). The Hall–Kier alpha value is -4.64. The van der Waals surface area contributed by atoms with E-state index in [9.17, 15) is 14.4 Å². The Kier molecular flexibility index (Phi) is 7.19. The average Bonchev–Trinajstić information content (AvgIpc) is 3.59. The lowest BCUT2D eigenvalue weighted by molar-refractivity contribution is 0.0363. The van der Waals surface area contributed by atoms with Crippen LogP contribution < -0.4 is 9.47 Å². The maximum absolute atomic E-state index is 14.7.